The Morgan fingerprint density at radius 3 is 2.29 bits per heavy atom. The average molecular weight is 401 g/mol. The Morgan fingerprint density at radius 1 is 1.11 bits per heavy atom. The van der Waals surface area contributed by atoms with Crippen LogP contribution in [0.5, 0.6) is 0 Å². The van der Waals surface area contributed by atoms with Crippen molar-refractivity contribution in [1.29, 1.82) is 0 Å². The predicted octanol–water partition coefficient (Wildman–Crippen LogP) is 3.68. The van der Waals surface area contributed by atoms with E-state index in [1.165, 1.54) is 4.90 Å². The molecule has 0 bridgehead atoms. The van der Waals surface area contributed by atoms with Crippen LogP contribution >= 0.6 is 11.6 Å². The molecule has 1 aliphatic heterocycles. The smallest absolute Gasteiger partial charge is 0.262 e. The second-order valence-corrected chi connectivity index (χ2v) is 7.74. The van der Waals surface area contributed by atoms with Gasteiger partial charge < -0.3 is 10.1 Å². The van der Waals surface area contributed by atoms with Crippen LogP contribution in [-0.4, -0.2) is 41.4 Å². The maximum Gasteiger partial charge on any atom is 0.262 e. The third-order valence-electron chi connectivity index (χ3n) is 4.55. The Balaban J connectivity index is 1.59. The fourth-order valence-corrected chi connectivity index (χ4v) is 3.38. The number of ether oxygens (including phenoxy) is 1. The minimum Gasteiger partial charge on any atom is -0.369 e. The first-order chi connectivity index (χ1) is 13.2. The zero-order valence-corrected chi connectivity index (χ0v) is 16.7. The lowest BCUT2D eigenvalue weighted by Crippen LogP contribution is -2.50. The molecule has 0 atom stereocenters. The number of fused-ring (bicyclic) bond motifs is 1. The molecule has 7 heteroatoms. The molecule has 0 radical (unpaired) electrons. The number of hydrogen-bond acceptors (Lipinski definition) is 4. The van der Waals surface area contributed by atoms with Gasteiger partial charge in [-0.2, -0.15) is 0 Å². The van der Waals surface area contributed by atoms with Gasteiger partial charge in [0.25, 0.3) is 11.8 Å². The topological polar surface area (TPSA) is 75.7 Å². The molecule has 0 aromatic heterocycles. The highest BCUT2D eigenvalue weighted by molar-refractivity contribution is 6.30. The van der Waals surface area contributed by atoms with Gasteiger partial charge in [0.2, 0.25) is 5.91 Å². The zero-order chi connectivity index (χ0) is 20.5. The summed E-state index contributed by atoms with van der Waals surface area (Å²) in [5, 5.41) is 3.35. The van der Waals surface area contributed by atoms with Crippen LogP contribution in [-0.2, 0) is 9.53 Å². The summed E-state index contributed by atoms with van der Waals surface area (Å²) in [6.07, 6.45) is 0. The molecule has 2 aromatic rings. The van der Waals surface area contributed by atoms with Crippen molar-refractivity contribution in [1.82, 2.24) is 4.90 Å². The minimum absolute atomic E-state index is 0.0332. The number of rotatable bonds is 6. The number of benzene rings is 2. The molecule has 1 heterocycles. The molecule has 146 valence electrons. The van der Waals surface area contributed by atoms with E-state index in [0.717, 1.165) is 5.56 Å². The molecule has 0 aliphatic carbocycles. The summed E-state index contributed by atoms with van der Waals surface area (Å²) in [6, 6.07) is 11.9. The number of halogens is 1. The van der Waals surface area contributed by atoms with Gasteiger partial charge >= 0.3 is 0 Å². The van der Waals surface area contributed by atoms with E-state index in [1.54, 1.807) is 56.3 Å². The van der Waals surface area contributed by atoms with Gasteiger partial charge in [0, 0.05) is 10.7 Å². The number of nitrogens with one attached hydrogen (secondary N) is 1. The SMILES string of the molecule is Cc1cc(Cl)ccc1NC(=O)COCC(C)(C)N1C(=O)c2ccccc2C1=O. The largest absolute Gasteiger partial charge is 0.369 e. The first kappa shape index (κ1) is 20.0. The van der Waals surface area contributed by atoms with Gasteiger partial charge in [-0.15, -0.1) is 0 Å². The molecule has 3 rings (SSSR count). The minimum atomic E-state index is -0.899. The number of amides is 3. The van der Waals surface area contributed by atoms with Crippen molar-refractivity contribution in [2.45, 2.75) is 26.3 Å². The van der Waals surface area contributed by atoms with E-state index in [1.807, 2.05) is 6.92 Å². The second kappa shape index (κ2) is 7.73. The highest BCUT2D eigenvalue weighted by Crippen LogP contribution is 2.29. The van der Waals surface area contributed by atoms with E-state index in [4.69, 9.17) is 16.3 Å². The Morgan fingerprint density at radius 2 is 1.71 bits per heavy atom. The zero-order valence-electron chi connectivity index (χ0n) is 15.9. The van der Waals surface area contributed by atoms with Crippen molar-refractivity contribution >= 4 is 35.0 Å². The predicted molar refractivity (Wildman–Crippen MR) is 107 cm³/mol. The lowest BCUT2D eigenvalue weighted by Gasteiger charge is -2.33. The Bertz CT molecular complexity index is 920. The fourth-order valence-electron chi connectivity index (χ4n) is 3.15. The van der Waals surface area contributed by atoms with Gasteiger partial charge in [0.05, 0.1) is 23.3 Å². The van der Waals surface area contributed by atoms with E-state index in [9.17, 15) is 14.4 Å². The van der Waals surface area contributed by atoms with Crippen molar-refractivity contribution in [2.75, 3.05) is 18.5 Å². The quantitative estimate of drug-likeness (QED) is 0.750. The van der Waals surface area contributed by atoms with Crippen LogP contribution in [0.3, 0.4) is 0 Å². The number of anilines is 1. The molecule has 3 amide bonds. The maximum absolute atomic E-state index is 12.6. The molecule has 0 unspecified atom stereocenters. The summed E-state index contributed by atoms with van der Waals surface area (Å²) in [7, 11) is 0. The average Bonchev–Trinajstić information content (AvgIpc) is 2.89. The monoisotopic (exact) mass is 400 g/mol. The summed E-state index contributed by atoms with van der Waals surface area (Å²) in [6.45, 7) is 5.14. The highest BCUT2D eigenvalue weighted by atomic mass is 35.5. The molecule has 1 N–H and O–H groups in total. The van der Waals surface area contributed by atoms with Crippen LogP contribution in [0.25, 0.3) is 0 Å². The molecule has 1 aliphatic rings. The van der Waals surface area contributed by atoms with Gasteiger partial charge in [-0.1, -0.05) is 23.7 Å². The van der Waals surface area contributed by atoms with Crippen molar-refractivity contribution in [3.05, 3.63) is 64.2 Å². The highest BCUT2D eigenvalue weighted by Gasteiger charge is 2.44. The van der Waals surface area contributed by atoms with E-state index in [0.29, 0.717) is 21.8 Å². The number of hydrogen-bond donors (Lipinski definition) is 1. The first-order valence-electron chi connectivity index (χ1n) is 8.82. The van der Waals surface area contributed by atoms with Crippen molar-refractivity contribution < 1.29 is 19.1 Å². The first-order valence-corrected chi connectivity index (χ1v) is 9.20. The lowest BCUT2D eigenvalue weighted by atomic mass is 10.0. The van der Waals surface area contributed by atoms with Crippen molar-refractivity contribution in [2.24, 2.45) is 0 Å². The third kappa shape index (κ3) is 3.93. The maximum atomic E-state index is 12.6. The van der Waals surface area contributed by atoms with E-state index in [2.05, 4.69) is 5.32 Å². The van der Waals surface area contributed by atoms with Crippen LogP contribution in [0.15, 0.2) is 42.5 Å². The lowest BCUT2D eigenvalue weighted by molar-refractivity contribution is -0.121. The number of aryl methyl sites for hydroxylation is 1. The van der Waals surface area contributed by atoms with Crippen LogP contribution < -0.4 is 5.32 Å². The van der Waals surface area contributed by atoms with Gasteiger partial charge in [-0.05, 0) is 56.7 Å². The fraction of sp³-hybridized carbons (Fsp3) is 0.286. The van der Waals surface area contributed by atoms with Gasteiger partial charge in [0.1, 0.15) is 6.61 Å². The third-order valence-corrected chi connectivity index (χ3v) is 4.79. The number of imide groups is 1. The Labute approximate surface area is 168 Å². The van der Waals surface area contributed by atoms with Crippen molar-refractivity contribution in [3.63, 3.8) is 0 Å². The van der Waals surface area contributed by atoms with E-state index in [-0.39, 0.29) is 30.9 Å². The van der Waals surface area contributed by atoms with Crippen LogP contribution in [0.2, 0.25) is 5.02 Å². The Kier molecular flexibility index (Phi) is 5.54. The molecular formula is C21H21ClN2O4. The van der Waals surface area contributed by atoms with E-state index >= 15 is 0 Å². The number of carbonyl (C=O) groups excluding carboxylic acids is 3. The molecule has 28 heavy (non-hydrogen) atoms. The summed E-state index contributed by atoms with van der Waals surface area (Å²) < 4.78 is 5.52. The second-order valence-electron chi connectivity index (χ2n) is 7.30. The van der Waals surface area contributed by atoms with Crippen LogP contribution in [0.1, 0.15) is 40.1 Å². The van der Waals surface area contributed by atoms with Gasteiger partial charge in [-0.25, -0.2) is 0 Å². The number of carbonyl (C=O) groups is 3. The molecule has 0 saturated carbocycles. The molecule has 6 nitrogen and oxygen atoms in total. The molecule has 0 saturated heterocycles. The van der Waals surface area contributed by atoms with Crippen LogP contribution in [0.4, 0.5) is 5.69 Å². The summed E-state index contributed by atoms with van der Waals surface area (Å²) >= 11 is 5.91. The standard InChI is InChI=1S/C21H21ClN2O4/c1-13-10-14(22)8-9-17(13)23-18(25)11-28-12-21(2,3)24-19(26)15-6-4-5-7-16(15)20(24)27/h4-10H,11-12H2,1-3H3,(H,23,25). The Hall–Kier alpha value is -2.70. The molecule has 0 spiro atoms. The van der Waals surface area contributed by atoms with Gasteiger partial charge in [-0.3, -0.25) is 19.3 Å². The van der Waals surface area contributed by atoms with Crippen molar-refractivity contribution in [3.8, 4) is 0 Å². The summed E-state index contributed by atoms with van der Waals surface area (Å²) in [5.74, 6) is -1.03. The normalized spacial score (nSPS) is 13.6. The summed E-state index contributed by atoms with van der Waals surface area (Å²) in [4.78, 5) is 38.6. The number of nitrogens with zero attached hydrogens (tertiary/aromatic N) is 1. The van der Waals surface area contributed by atoms with Gasteiger partial charge in [0.15, 0.2) is 0 Å². The molecule has 2 aromatic carbocycles. The summed E-state index contributed by atoms with van der Waals surface area (Å²) in [5.41, 5.74) is 1.36. The molecule has 0 fully saturated rings. The van der Waals surface area contributed by atoms with Crippen LogP contribution in [0, 0.1) is 6.92 Å². The molecular weight excluding hydrogens is 380 g/mol. The van der Waals surface area contributed by atoms with E-state index < -0.39 is 5.54 Å².